The molecule has 1 atom stereocenters. The lowest BCUT2D eigenvalue weighted by Gasteiger charge is -2.18. The molecule has 0 radical (unpaired) electrons. The number of likely N-dealkylation sites (tertiary alicyclic amines) is 1. The van der Waals surface area contributed by atoms with E-state index in [1.54, 1.807) is 13.0 Å². The van der Waals surface area contributed by atoms with Crippen LogP contribution in [0.1, 0.15) is 37.7 Å². The van der Waals surface area contributed by atoms with Crippen molar-refractivity contribution >= 4 is 36.9 Å². The number of halogens is 1. The molecule has 1 aliphatic heterocycles. The second-order valence-corrected chi connectivity index (χ2v) is 7.14. The minimum atomic E-state index is -0.577. The van der Waals surface area contributed by atoms with Crippen molar-refractivity contribution in [2.75, 3.05) is 18.4 Å². The maximum Gasteiger partial charge on any atom is 0.311 e. The van der Waals surface area contributed by atoms with Crippen LogP contribution in [-0.2, 0) is 14.4 Å². The number of carbonyl (C=O) groups excluding carboxylic acids is 3. The molecule has 3 amide bonds. The summed E-state index contributed by atoms with van der Waals surface area (Å²) in [5.41, 5.74) is 0.979. The van der Waals surface area contributed by atoms with E-state index in [9.17, 15) is 18.8 Å². The summed E-state index contributed by atoms with van der Waals surface area (Å²) in [4.78, 5) is 38.2. The number of aryl methyl sites for hydroxylation is 1. The van der Waals surface area contributed by atoms with Gasteiger partial charge in [-0.1, -0.05) is 12.8 Å². The molecule has 0 aromatic heterocycles. The Kier molecular flexibility index (Phi) is 7.24. The normalized spacial score (nSPS) is 19.5. The average molecular weight is 396 g/mol. The van der Waals surface area contributed by atoms with Crippen molar-refractivity contribution < 1.29 is 18.8 Å². The van der Waals surface area contributed by atoms with Crippen LogP contribution in [0.2, 0.25) is 0 Å². The highest BCUT2D eigenvalue weighted by atomic mass is 32.1. The van der Waals surface area contributed by atoms with Crippen molar-refractivity contribution in [1.82, 2.24) is 10.2 Å². The van der Waals surface area contributed by atoms with Crippen LogP contribution in [0.3, 0.4) is 0 Å². The van der Waals surface area contributed by atoms with Gasteiger partial charge < -0.3 is 15.5 Å². The first kappa shape index (κ1) is 21.2. The van der Waals surface area contributed by atoms with Crippen molar-refractivity contribution in [1.29, 1.82) is 0 Å². The van der Waals surface area contributed by atoms with E-state index in [-0.39, 0.29) is 43.7 Å². The number of rotatable bonds is 3. The summed E-state index contributed by atoms with van der Waals surface area (Å²) in [7, 11) is 0. The van der Waals surface area contributed by atoms with Crippen molar-refractivity contribution in [3.8, 4) is 0 Å². The van der Waals surface area contributed by atoms with Gasteiger partial charge in [0.05, 0.1) is 5.92 Å². The fourth-order valence-electron chi connectivity index (χ4n) is 3.59. The number of amides is 3. The van der Waals surface area contributed by atoms with Gasteiger partial charge in [-0.15, -0.1) is 0 Å². The Morgan fingerprint density at radius 3 is 2.52 bits per heavy atom. The first-order valence-corrected chi connectivity index (χ1v) is 9.11. The molecule has 8 heteroatoms. The maximum atomic E-state index is 13.3. The summed E-state index contributed by atoms with van der Waals surface area (Å²) in [6.45, 7) is 2.24. The van der Waals surface area contributed by atoms with E-state index in [4.69, 9.17) is 0 Å². The molecular weight excluding hydrogens is 369 g/mol. The van der Waals surface area contributed by atoms with Gasteiger partial charge in [0.25, 0.3) is 0 Å². The number of hydrogen-bond donors (Lipinski definition) is 2. The Labute approximate surface area is 165 Å². The van der Waals surface area contributed by atoms with Crippen LogP contribution in [0.5, 0.6) is 0 Å². The Hall–Kier alpha value is -2.09. The van der Waals surface area contributed by atoms with Crippen molar-refractivity contribution in [2.45, 2.75) is 45.1 Å². The molecule has 1 aromatic carbocycles. The summed E-state index contributed by atoms with van der Waals surface area (Å²) in [6, 6.07) is 4.48. The van der Waals surface area contributed by atoms with E-state index in [1.807, 2.05) is 0 Å². The van der Waals surface area contributed by atoms with Crippen LogP contribution in [0.25, 0.3) is 0 Å². The van der Waals surface area contributed by atoms with E-state index in [1.165, 1.54) is 17.0 Å². The molecule has 1 heterocycles. The van der Waals surface area contributed by atoms with Gasteiger partial charge in [-0.3, -0.25) is 14.4 Å². The minimum Gasteiger partial charge on any atom is -0.345 e. The SMILES string of the molecule is Cc1cc(NC(=O)[C@H]2CCN(C(=O)C(=O)NC3CCCC3)C2)ccc1F.S. The van der Waals surface area contributed by atoms with E-state index >= 15 is 0 Å². The largest absolute Gasteiger partial charge is 0.345 e. The van der Waals surface area contributed by atoms with E-state index in [0.29, 0.717) is 24.2 Å². The summed E-state index contributed by atoms with van der Waals surface area (Å²) in [6.07, 6.45) is 4.50. The third-order valence-electron chi connectivity index (χ3n) is 5.16. The lowest BCUT2D eigenvalue weighted by molar-refractivity contribution is -0.145. The van der Waals surface area contributed by atoms with Gasteiger partial charge in [-0.2, -0.15) is 13.5 Å². The number of hydrogen-bond acceptors (Lipinski definition) is 3. The summed E-state index contributed by atoms with van der Waals surface area (Å²) >= 11 is 0. The standard InChI is InChI=1S/C19H24FN3O3.H2S/c1-12-10-15(6-7-16(12)20)22-17(24)13-8-9-23(11-13)19(26)18(25)21-14-4-2-3-5-14;/h6-7,10,13-14H,2-5,8-9,11H2,1H3,(H,21,25)(H,22,24);1H2/t13-;/m0./s1. The summed E-state index contributed by atoms with van der Waals surface area (Å²) in [5, 5.41) is 5.54. The average Bonchev–Trinajstić information content (AvgIpc) is 3.29. The lowest BCUT2D eigenvalue weighted by Crippen LogP contribution is -2.45. The third kappa shape index (κ3) is 5.22. The molecule has 0 bridgehead atoms. The topological polar surface area (TPSA) is 78.5 Å². The Morgan fingerprint density at radius 2 is 1.85 bits per heavy atom. The van der Waals surface area contributed by atoms with Crippen LogP contribution in [-0.4, -0.2) is 41.8 Å². The van der Waals surface area contributed by atoms with Crippen LogP contribution < -0.4 is 10.6 Å². The fourth-order valence-corrected chi connectivity index (χ4v) is 3.59. The second-order valence-electron chi connectivity index (χ2n) is 7.14. The van der Waals surface area contributed by atoms with E-state index in [2.05, 4.69) is 10.6 Å². The maximum absolute atomic E-state index is 13.3. The van der Waals surface area contributed by atoms with E-state index in [0.717, 1.165) is 25.7 Å². The molecule has 2 N–H and O–H groups in total. The van der Waals surface area contributed by atoms with Gasteiger partial charge in [0, 0.05) is 24.8 Å². The first-order chi connectivity index (χ1) is 12.4. The van der Waals surface area contributed by atoms with Crippen LogP contribution in [0.4, 0.5) is 10.1 Å². The van der Waals surface area contributed by atoms with E-state index < -0.39 is 11.8 Å². The zero-order chi connectivity index (χ0) is 18.7. The number of nitrogens with one attached hydrogen (secondary N) is 2. The summed E-state index contributed by atoms with van der Waals surface area (Å²) in [5.74, 6) is -2.06. The molecule has 27 heavy (non-hydrogen) atoms. The van der Waals surface area contributed by atoms with Gasteiger partial charge in [0.2, 0.25) is 5.91 Å². The lowest BCUT2D eigenvalue weighted by atomic mass is 10.1. The highest BCUT2D eigenvalue weighted by Crippen LogP contribution is 2.21. The molecule has 1 saturated carbocycles. The molecule has 6 nitrogen and oxygen atoms in total. The zero-order valence-corrected chi connectivity index (χ0v) is 16.4. The Bertz CT molecular complexity index is 722. The predicted octanol–water partition coefficient (Wildman–Crippen LogP) is 2.09. The quantitative estimate of drug-likeness (QED) is 0.770. The Morgan fingerprint density at radius 1 is 1.15 bits per heavy atom. The van der Waals surface area contributed by atoms with Gasteiger partial charge in [-0.05, 0) is 49.9 Å². The molecular formula is C19H26FN3O3S. The van der Waals surface area contributed by atoms with Gasteiger partial charge in [0.15, 0.2) is 0 Å². The van der Waals surface area contributed by atoms with Crippen molar-refractivity contribution in [3.63, 3.8) is 0 Å². The minimum absolute atomic E-state index is 0. The molecule has 0 spiro atoms. The molecule has 2 aliphatic rings. The highest BCUT2D eigenvalue weighted by Gasteiger charge is 2.34. The first-order valence-electron chi connectivity index (χ1n) is 9.11. The summed E-state index contributed by atoms with van der Waals surface area (Å²) < 4.78 is 13.3. The second kappa shape index (κ2) is 9.21. The zero-order valence-electron chi connectivity index (χ0n) is 15.4. The number of benzene rings is 1. The molecule has 1 saturated heterocycles. The predicted molar refractivity (Wildman–Crippen MR) is 105 cm³/mol. The van der Waals surface area contributed by atoms with Gasteiger partial charge in [-0.25, -0.2) is 4.39 Å². The molecule has 1 aromatic rings. The number of carbonyl (C=O) groups is 3. The number of anilines is 1. The van der Waals surface area contributed by atoms with Gasteiger partial charge in [0.1, 0.15) is 5.82 Å². The molecule has 2 fully saturated rings. The monoisotopic (exact) mass is 395 g/mol. The Balaban J connectivity index is 0.00000261. The van der Waals surface area contributed by atoms with Crippen LogP contribution in [0, 0.1) is 18.7 Å². The fraction of sp³-hybridized carbons (Fsp3) is 0.526. The molecule has 1 aliphatic carbocycles. The van der Waals surface area contributed by atoms with Crippen molar-refractivity contribution in [3.05, 3.63) is 29.6 Å². The van der Waals surface area contributed by atoms with Crippen molar-refractivity contribution in [2.24, 2.45) is 5.92 Å². The van der Waals surface area contributed by atoms with Crippen LogP contribution in [0.15, 0.2) is 18.2 Å². The van der Waals surface area contributed by atoms with Crippen LogP contribution >= 0.6 is 13.5 Å². The number of nitrogens with zero attached hydrogens (tertiary/aromatic N) is 1. The highest BCUT2D eigenvalue weighted by molar-refractivity contribution is 7.59. The molecule has 0 unspecified atom stereocenters. The smallest absolute Gasteiger partial charge is 0.311 e. The molecule has 3 rings (SSSR count). The third-order valence-corrected chi connectivity index (χ3v) is 5.16. The van der Waals surface area contributed by atoms with Gasteiger partial charge >= 0.3 is 11.8 Å². The molecule has 148 valence electrons.